The van der Waals surface area contributed by atoms with Gasteiger partial charge in [0, 0.05) is 46.3 Å². The van der Waals surface area contributed by atoms with Gasteiger partial charge in [-0.1, -0.05) is 0 Å². The third kappa shape index (κ3) is 7.61. The van der Waals surface area contributed by atoms with Crippen LogP contribution >= 0.6 is 0 Å². The molecule has 1 rings (SSSR count). The number of hydrogen-bond acceptors (Lipinski definition) is 6. The minimum absolute atomic E-state index is 0.234. The largest absolute Gasteiger partial charge is 0.465 e. The Bertz CT molecular complexity index is 359. The second-order valence-electron chi connectivity index (χ2n) is 6.31. The van der Waals surface area contributed by atoms with Gasteiger partial charge in [-0.15, -0.1) is 0 Å². The maximum Gasteiger partial charge on any atom is 0.410 e. The van der Waals surface area contributed by atoms with Crippen LogP contribution in [0.5, 0.6) is 0 Å². The smallest absolute Gasteiger partial charge is 0.410 e. The Balaban J connectivity index is 2.22. The van der Waals surface area contributed by atoms with Crippen molar-refractivity contribution in [3.05, 3.63) is 0 Å². The van der Waals surface area contributed by atoms with Gasteiger partial charge in [-0.05, 0) is 20.8 Å². The molecule has 1 fully saturated rings. The van der Waals surface area contributed by atoms with E-state index in [1.54, 1.807) is 12.0 Å². The first-order chi connectivity index (χ1) is 10.3. The van der Waals surface area contributed by atoms with Gasteiger partial charge in [-0.2, -0.15) is 0 Å². The van der Waals surface area contributed by atoms with Crippen LogP contribution in [0.15, 0.2) is 0 Å². The van der Waals surface area contributed by atoms with E-state index in [9.17, 15) is 9.59 Å². The van der Waals surface area contributed by atoms with Crippen LogP contribution in [-0.4, -0.2) is 80.5 Å². The summed E-state index contributed by atoms with van der Waals surface area (Å²) in [5, 5.41) is 0. The molecule has 7 heteroatoms. The molecule has 0 aromatic carbocycles. The number of amides is 1. The molecule has 7 nitrogen and oxygen atoms in total. The molecule has 0 radical (unpaired) electrons. The Morgan fingerprint density at radius 2 is 1.68 bits per heavy atom. The molecule has 22 heavy (non-hydrogen) atoms. The van der Waals surface area contributed by atoms with Crippen LogP contribution < -0.4 is 0 Å². The van der Waals surface area contributed by atoms with Crippen molar-refractivity contribution >= 4 is 12.1 Å². The lowest BCUT2D eigenvalue weighted by Gasteiger charge is -2.35. The number of methoxy groups -OCH3 is 1. The number of piperazine rings is 1. The van der Waals surface area contributed by atoms with Gasteiger partial charge in [-0.3, -0.25) is 9.69 Å². The van der Waals surface area contributed by atoms with E-state index in [0.717, 1.165) is 0 Å². The third-order valence-electron chi connectivity index (χ3n) is 3.13. The molecular formula is C15H28N2O5. The van der Waals surface area contributed by atoms with E-state index in [-0.39, 0.29) is 18.6 Å². The highest BCUT2D eigenvalue weighted by Gasteiger charge is 2.26. The molecular weight excluding hydrogens is 288 g/mol. The first-order valence-corrected chi connectivity index (χ1v) is 7.66. The number of carbonyl (C=O) groups excluding carboxylic acids is 2. The molecule has 0 spiro atoms. The Kier molecular flexibility index (Phi) is 7.61. The summed E-state index contributed by atoms with van der Waals surface area (Å²) in [5.41, 5.74) is -0.486. The van der Waals surface area contributed by atoms with Crippen LogP contribution in [0.3, 0.4) is 0 Å². The molecule has 0 N–H and O–H groups in total. The molecule has 1 aliphatic heterocycles. The summed E-state index contributed by atoms with van der Waals surface area (Å²) in [6.07, 6.45) is 0.406. The van der Waals surface area contributed by atoms with Crippen LogP contribution in [-0.2, 0) is 19.0 Å². The van der Waals surface area contributed by atoms with E-state index in [1.165, 1.54) is 0 Å². The van der Waals surface area contributed by atoms with Gasteiger partial charge in [-0.25, -0.2) is 4.79 Å². The second-order valence-corrected chi connectivity index (χ2v) is 6.31. The van der Waals surface area contributed by atoms with Crippen molar-refractivity contribution in [2.24, 2.45) is 0 Å². The standard InChI is InChI=1S/C15H28N2O5/c1-15(2,3)22-14(19)17-8-6-16(7-9-17)12-13(18)21-11-5-10-20-4/h5-12H2,1-4H3. The fourth-order valence-electron chi connectivity index (χ4n) is 2.03. The van der Waals surface area contributed by atoms with Crippen molar-refractivity contribution < 1.29 is 23.8 Å². The highest BCUT2D eigenvalue weighted by Crippen LogP contribution is 2.11. The summed E-state index contributed by atoms with van der Waals surface area (Å²) in [4.78, 5) is 27.3. The molecule has 0 aromatic heterocycles. The quantitative estimate of drug-likeness (QED) is 0.540. The van der Waals surface area contributed by atoms with E-state index >= 15 is 0 Å². The molecule has 1 amide bonds. The zero-order chi connectivity index (χ0) is 16.6. The molecule has 1 aliphatic rings. The van der Waals surface area contributed by atoms with Gasteiger partial charge < -0.3 is 19.1 Å². The molecule has 0 unspecified atom stereocenters. The average molecular weight is 316 g/mol. The summed E-state index contributed by atoms with van der Waals surface area (Å²) in [5.74, 6) is -0.234. The van der Waals surface area contributed by atoms with Gasteiger partial charge in [0.25, 0.3) is 0 Å². The summed E-state index contributed by atoms with van der Waals surface area (Å²) in [6, 6.07) is 0. The maximum atomic E-state index is 11.9. The zero-order valence-electron chi connectivity index (χ0n) is 14.1. The predicted octanol–water partition coefficient (Wildman–Crippen LogP) is 1.12. The lowest BCUT2D eigenvalue weighted by molar-refractivity contribution is -0.145. The third-order valence-corrected chi connectivity index (χ3v) is 3.13. The highest BCUT2D eigenvalue weighted by atomic mass is 16.6. The number of ether oxygens (including phenoxy) is 3. The molecule has 0 aliphatic carbocycles. The van der Waals surface area contributed by atoms with Crippen LogP contribution in [0.4, 0.5) is 4.79 Å². The molecule has 128 valence electrons. The molecule has 0 atom stereocenters. The van der Waals surface area contributed by atoms with E-state index < -0.39 is 5.60 Å². The van der Waals surface area contributed by atoms with Gasteiger partial charge in [0.1, 0.15) is 5.60 Å². The fraction of sp³-hybridized carbons (Fsp3) is 0.867. The van der Waals surface area contributed by atoms with E-state index in [2.05, 4.69) is 0 Å². The Hall–Kier alpha value is -1.34. The summed E-state index contributed by atoms with van der Waals surface area (Å²) < 4.78 is 15.3. The first-order valence-electron chi connectivity index (χ1n) is 7.66. The maximum absolute atomic E-state index is 11.9. The van der Waals surface area contributed by atoms with Gasteiger partial charge in [0.2, 0.25) is 0 Å². The van der Waals surface area contributed by atoms with Gasteiger partial charge >= 0.3 is 12.1 Å². The van der Waals surface area contributed by atoms with E-state index in [1.807, 2.05) is 25.7 Å². The van der Waals surface area contributed by atoms with Crippen molar-refractivity contribution in [3.63, 3.8) is 0 Å². The first kappa shape index (κ1) is 18.7. The normalized spacial score (nSPS) is 16.5. The predicted molar refractivity (Wildman–Crippen MR) is 81.7 cm³/mol. The lowest BCUT2D eigenvalue weighted by Crippen LogP contribution is -2.51. The lowest BCUT2D eigenvalue weighted by atomic mass is 10.2. The second kappa shape index (κ2) is 8.95. The molecule has 0 bridgehead atoms. The fourth-order valence-corrected chi connectivity index (χ4v) is 2.03. The summed E-state index contributed by atoms with van der Waals surface area (Å²) >= 11 is 0. The van der Waals surface area contributed by atoms with Crippen molar-refractivity contribution in [1.29, 1.82) is 0 Å². The summed E-state index contributed by atoms with van der Waals surface area (Å²) in [6.45, 7) is 9.18. The van der Waals surface area contributed by atoms with E-state index in [4.69, 9.17) is 14.2 Å². The van der Waals surface area contributed by atoms with Crippen molar-refractivity contribution in [3.8, 4) is 0 Å². The molecule has 0 aromatic rings. The van der Waals surface area contributed by atoms with Crippen molar-refractivity contribution in [1.82, 2.24) is 9.80 Å². The van der Waals surface area contributed by atoms with Crippen molar-refractivity contribution in [2.75, 3.05) is 53.0 Å². The van der Waals surface area contributed by atoms with Crippen LogP contribution in [0, 0.1) is 0 Å². The van der Waals surface area contributed by atoms with Crippen LogP contribution in [0.25, 0.3) is 0 Å². The number of rotatable bonds is 6. The topological polar surface area (TPSA) is 68.3 Å². The minimum Gasteiger partial charge on any atom is -0.465 e. The Morgan fingerprint density at radius 1 is 1.05 bits per heavy atom. The van der Waals surface area contributed by atoms with Gasteiger partial charge in [0.15, 0.2) is 0 Å². The Morgan fingerprint density at radius 3 is 2.23 bits per heavy atom. The Labute approximate surface area is 132 Å². The van der Waals surface area contributed by atoms with Gasteiger partial charge in [0.05, 0.1) is 13.2 Å². The van der Waals surface area contributed by atoms with Crippen LogP contribution in [0.1, 0.15) is 27.2 Å². The molecule has 0 saturated carbocycles. The summed E-state index contributed by atoms with van der Waals surface area (Å²) in [7, 11) is 1.62. The number of nitrogens with zero attached hydrogens (tertiary/aromatic N) is 2. The number of carbonyl (C=O) groups is 2. The SMILES string of the molecule is COCCCOC(=O)CN1CCN(C(=O)OC(C)(C)C)CC1. The molecule has 1 heterocycles. The van der Waals surface area contributed by atoms with Crippen LogP contribution in [0.2, 0.25) is 0 Å². The number of esters is 1. The zero-order valence-corrected chi connectivity index (χ0v) is 14.1. The van der Waals surface area contributed by atoms with E-state index in [0.29, 0.717) is 45.8 Å². The molecule has 1 saturated heterocycles. The highest BCUT2D eigenvalue weighted by molar-refractivity contribution is 5.72. The average Bonchev–Trinajstić information content (AvgIpc) is 2.42. The monoisotopic (exact) mass is 316 g/mol. The van der Waals surface area contributed by atoms with Crippen molar-refractivity contribution in [2.45, 2.75) is 32.8 Å². The number of hydrogen-bond donors (Lipinski definition) is 0. The minimum atomic E-state index is -0.486.